The van der Waals surface area contributed by atoms with Crippen LogP contribution in [0.4, 0.5) is 0 Å². The largest absolute Gasteiger partial charge is 0.394 e. The fraction of sp³-hybridized carbons (Fsp3) is 0.545. The Hall–Kier alpha value is 0.0500. The van der Waals surface area contributed by atoms with E-state index in [2.05, 4.69) is 31.9 Å². The van der Waals surface area contributed by atoms with Crippen LogP contribution in [0.3, 0.4) is 0 Å². The average molecular weight is 399 g/mol. The minimum atomic E-state index is -0.293. The highest BCUT2D eigenvalue weighted by Gasteiger charge is 2.29. The molecule has 1 aromatic rings. The Labute approximate surface area is 126 Å². The van der Waals surface area contributed by atoms with Crippen LogP contribution in [0.15, 0.2) is 13.6 Å². The summed E-state index contributed by atoms with van der Waals surface area (Å²) < 4.78 is 7.26. The normalized spacial score (nSPS) is 24.3. The quantitative estimate of drug-likeness (QED) is 0.832. The molecule has 0 spiro atoms. The molecule has 1 amide bonds. The Morgan fingerprint density at radius 2 is 2.33 bits per heavy atom. The molecule has 100 valence electrons. The molecule has 0 aromatic carbocycles. The predicted molar refractivity (Wildman–Crippen MR) is 77.0 cm³/mol. The molecule has 2 rings (SSSR count). The van der Waals surface area contributed by atoms with Crippen LogP contribution in [-0.2, 0) is 4.74 Å². The lowest BCUT2D eigenvalue weighted by molar-refractivity contribution is -0.0858. The number of aliphatic hydroxyl groups is 1. The van der Waals surface area contributed by atoms with Crippen molar-refractivity contribution in [2.75, 3.05) is 19.7 Å². The van der Waals surface area contributed by atoms with Gasteiger partial charge in [-0.2, -0.15) is 0 Å². The van der Waals surface area contributed by atoms with E-state index in [4.69, 9.17) is 9.84 Å². The molecule has 2 unspecified atom stereocenters. The Morgan fingerprint density at radius 3 is 2.89 bits per heavy atom. The highest BCUT2D eigenvalue weighted by atomic mass is 79.9. The van der Waals surface area contributed by atoms with Gasteiger partial charge in [0.2, 0.25) is 0 Å². The van der Waals surface area contributed by atoms with Gasteiger partial charge in [-0.15, -0.1) is 11.3 Å². The van der Waals surface area contributed by atoms with Crippen LogP contribution in [0.1, 0.15) is 17.3 Å². The van der Waals surface area contributed by atoms with Crippen molar-refractivity contribution in [1.29, 1.82) is 0 Å². The molecule has 1 saturated heterocycles. The minimum Gasteiger partial charge on any atom is -0.394 e. The van der Waals surface area contributed by atoms with E-state index >= 15 is 0 Å². The van der Waals surface area contributed by atoms with Gasteiger partial charge in [-0.25, -0.2) is 0 Å². The fourth-order valence-electron chi connectivity index (χ4n) is 1.97. The van der Waals surface area contributed by atoms with Crippen molar-refractivity contribution in [3.8, 4) is 0 Å². The number of carbonyl (C=O) groups is 1. The van der Waals surface area contributed by atoms with Crippen LogP contribution in [0.25, 0.3) is 0 Å². The average Bonchev–Trinajstić information content (AvgIpc) is 2.66. The molecule has 0 aliphatic carbocycles. The van der Waals surface area contributed by atoms with Gasteiger partial charge in [-0.1, -0.05) is 0 Å². The molecule has 2 heterocycles. The highest BCUT2D eigenvalue weighted by molar-refractivity contribution is 9.12. The first-order valence-corrected chi connectivity index (χ1v) is 7.92. The number of thiophene rings is 1. The molecule has 1 aliphatic rings. The van der Waals surface area contributed by atoms with Crippen molar-refractivity contribution >= 4 is 49.1 Å². The van der Waals surface area contributed by atoms with E-state index in [0.717, 1.165) is 7.57 Å². The Bertz CT molecular complexity index is 451. The Kier molecular flexibility index (Phi) is 4.82. The number of amides is 1. The zero-order chi connectivity index (χ0) is 13.3. The van der Waals surface area contributed by atoms with E-state index in [9.17, 15) is 4.79 Å². The number of rotatable bonds is 2. The summed E-state index contributed by atoms with van der Waals surface area (Å²) in [5.74, 6) is -0.0302. The van der Waals surface area contributed by atoms with E-state index in [-0.39, 0.29) is 24.7 Å². The van der Waals surface area contributed by atoms with Crippen LogP contribution in [0.2, 0.25) is 0 Å². The summed E-state index contributed by atoms with van der Waals surface area (Å²) in [5, 5.41) is 9.16. The van der Waals surface area contributed by atoms with Gasteiger partial charge in [0.05, 0.1) is 32.0 Å². The molecule has 4 nitrogen and oxygen atoms in total. The standard InChI is InChI=1S/C11H13Br2NO3S/c1-6-3-14(4-7(5-15)17-6)11(16)8-2-9(12)18-10(8)13/h2,6-7,15H,3-5H2,1H3. The number of morpholine rings is 1. The monoisotopic (exact) mass is 397 g/mol. The van der Waals surface area contributed by atoms with Crippen LogP contribution < -0.4 is 0 Å². The summed E-state index contributed by atoms with van der Waals surface area (Å²) in [7, 11) is 0. The molecule has 1 aromatic heterocycles. The molecule has 2 atom stereocenters. The predicted octanol–water partition coefficient (Wildman–Crippen LogP) is 2.49. The smallest absolute Gasteiger partial charge is 0.256 e. The highest BCUT2D eigenvalue weighted by Crippen LogP contribution is 2.33. The first-order chi connectivity index (χ1) is 8.51. The zero-order valence-corrected chi connectivity index (χ0v) is 13.7. The van der Waals surface area contributed by atoms with E-state index in [1.807, 2.05) is 13.0 Å². The lowest BCUT2D eigenvalue weighted by atomic mass is 10.2. The van der Waals surface area contributed by atoms with Gasteiger partial charge < -0.3 is 14.7 Å². The number of nitrogens with zero attached hydrogens (tertiary/aromatic N) is 1. The fourth-order valence-corrected chi connectivity index (χ4v) is 4.75. The Balaban J connectivity index is 2.15. The van der Waals surface area contributed by atoms with Gasteiger partial charge in [0, 0.05) is 13.1 Å². The van der Waals surface area contributed by atoms with Crippen molar-refractivity contribution < 1.29 is 14.6 Å². The van der Waals surface area contributed by atoms with Crippen LogP contribution >= 0.6 is 43.2 Å². The van der Waals surface area contributed by atoms with E-state index in [1.165, 1.54) is 11.3 Å². The molecule has 1 aliphatic heterocycles. The second-order valence-electron chi connectivity index (χ2n) is 4.20. The number of ether oxygens (including phenoxy) is 1. The number of carbonyl (C=O) groups excluding carboxylic acids is 1. The topological polar surface area (TPSA) is 49.8 Å². The molecule has 0 saturated carbocycles. The maximum atomic E-state index is 12.4. The summed E-state index contributed by atoms with van der Waals surface area (Å²) in [6, 6.07) is 1.81. The van der Waals surface area contributed by atoms with Gasteiger partial charge >= 0.3 is 0 Å². The van der Waals surface area contributed by atoms with E-state index in [0.29, 0.717) is 18.7 Å². The van der Waals surface area contributed by atoms with Crippen molar-refractivity contribution in [1.82, 2.24) is 4.90 Å². The first kappa shape index (κ1) is 14.5. The molecule has 18 heavy (non-hydrogen) atoms. The zero-order valence-electron chi connectivity index (χ0n) is 9.73. The number of hydrogen-bond acceptors (Lipinski definition) is 4. The van der Waals surface area contributed by atoms with Crippen molar-refractivity contribution in [3.63, 3.8) is 0 Å². The first-order valence-electron chi connectivity index (χ1n) is 5.51. The molecular weight excluding hydrogens is 386 g/mol. The molecule has 0 bridgehead atoms. The molecule has 1 fully saturated rings. The Morgan fingerprint density at radius 1 is 1.61 bits per heavy atom. The number of aliphatic hydroxyl groups excluding tert-OH is 1. The van der Waals surface area contributed by atoms with Gasteiger partial charge in [-0.05, 0) is 44.8 Å². The third-order valence-electron chi connectivity index (χ3n) is 2.70. The van der Waals surface area contributed by atoms with Gasteiger partial charge in [0.1, 0.15) is 0 Å². The lowest BCUT2D eigenvalue weighted by Crippen LogP contribution is -2.50. The summed E-state index contributed by atoms with van der Waals surface area (Å²) >= 11 is 8.23. The summed E-state index contributed by atoms with van der Waals surface area (Å²) in [6.45, 7) is 2.82. The van der Waals surface area contributed by atoms with Gasteiger partial charge in [-0.3, -0.25) is 4.79 Å². The molecule has 0 radical (unpaired) electrons. The summed E-state index contributed by atoms with van der Waals surface area (Å²) in [4.78, 5) is 14.1. The maximum absolute atomic E-state index is 12.4. The second kappa shape index (κ2) is 6.00. The van der Waals surface area contributed by atoms with E-state index < -0.39 is 0 Å². The SMILES string of the molecule is CC1CN(C(=O)c2cc(Br)sc2Br)CC(CO)O1. The summed E-state index contributed by atoms with van der Waals surface area (Å²) in [6.07, 6.45) is -0.348. The second-order valence-corrected chi connectivity index (χ2v) is 7.95. The number of halogens is 2. The van der Waals surface area contributed by atoms with Crippen LogP contribution in [0, 0.1) is 0 Å². The lowest BCUT2D eigenvalue weighted by Gasteiger charge is -2.36. The third-order valence-corrected chi connectivity index (χ3v) is 5.04. The minimum absolute atomic E-state index is 0.0302. The number of hydrogen-bond donors (Lipinski definition) is 1. The van der Waals surface area contributed by atoms with Gasteiger partial charge in [0.15, 0.2) is 0 Å². The molecule has 7 heteroatoms. The third kappa shape index (κ3) is 3.14. The summed E-state index contributed by atoms with van der Waals surface area (Å²) in [5.41, 5.74) is 0.651. The maximum Gasteiger partial charge on any atom is 0.256 e. The van der Waals surface area contributed by atoms with Crippen LogP contribution in [0.5, 0.6) is 0 Å². The van der Waals surface area contributed by atoms with Crippen LogP contribution in [-0.4, -0.2) is 47.8 Å². The van der Waals surface area contributed by atoms with Crippen molar-refractivity contribution in [2.24, 2.45) is 0 Å². The molecule has 1 N–H and O–H groups in total. The van der Waals surface area contributed by atoms with Crippen molar-refractivity contribution in [2.45, 2.75) is 19.1 Å². The van der Waals surface area contributed by atoms with Crippen molar-refractivity contribution in [3.05, 3.63) is 19.2 Å². The van der Waals surface area contributed by atoms with Gasteiger partial charge in [0.25, 0.3) is 5.91 Å². The molecular formula is C11H13Br2NO3S. The van der Waals surface area contributed by atoms with E-state index in [1.54, 1.807) is 4.90 Å².